The van der Waals surface area contributed by atoms with E-state index < -0.39 is 18.6 Å². The number of hydrogen-bond donors (Lipinski definition) is 3. The van der Waals surface area contributed by atoms with Gasteiger partial charge in [0.1, 0.15) is 5.75 Å². The van der Waals surface area contributed by atoms with Crippen LogP contribution in [0.4, 0.5) is 10.5 Å². The van der Waals surface area contributed by atoms with E-state index in [0.29, 0.717) is 17.9 Å². The first-order chi connectivity index (χ1) is 10.1. The van der Waals surface area contributed by atoms with Crippen LogP contribution in [0.15, 0.2) is 24.3 Å². The maximum atomic E-state index is 11.9. The summed E-state index contributed by atoms with van der Waals surface area (Å²) in [6.07, 6.45) is 6.39. The van der Waals surface area contributed by atoms with E-state index in [1.165, 1.54) is 0 Å². The molecule has 0 aliphatic rings. The molecule has 3 N–H and O–H groups in total. The second kappa shape index (κ2) is 8.48. The molecule has 1 aromatic carbocycles. The summed E-state index contributed by atoms with van der Waals surface area (Å²) < 4.78 is 5.10. The smallest absolute Gasteiger partial charge is 0.341 e. The summed E-state index contributed by atoms with van der Waals surface area (Å²) >= 11 is 0. The largest absolute Gasteiger partial charge is 0.480 e. The van der Waals surface area contributed by atoms with Gasteiger partial charge in [0, 0.05) is 12.5 Å². The molecule has 0 aromatic heterocycles. The zero-order valence-corrected chi connectivity index (χ0v) is 11.8. The Kier molecular flexibility index (Phi) is 6.61. The van der Waals surface area contributed by atoms with Crippen molar-refractivity contribution in [3.63, 3.8) is 0 Å². The van der Waals surface area contributed by atoms with Gasteiger partial charge in [-0.3, -0.25) is 0 Å². The monoisotopic (exact) mass is 290 g/mol. The number of aliphatic carboxylic acids is 1. The lowest BCUT2D eigenvalue weighted by atomic mass is 10.1. The van der Waals surface area contributed by atoms with Crippen molar-refractivity contribution in [1.82, 2.24) is 5.32 Å². The van der Waals surface area contributed by atoms with E-state index in [0.717, 1.165) is 6.42 Å². The van der Waals surface area contributed by atoms with E-state index >= 15 is 0 Å². The molecule has 21 heavy (non-hydrogen) atoms. The highest BCUT2D eigenvalue weighted by atomic mass is 16.5. The second-order valence-electron chi connectivity index (χ2n) is 4.29. The number of nitrogens with one attached hydrogen (secondary N) is 2. The van der Waals surface area contributed by atoms with Crippen LogP contribution in [-0.2, 0) is 4.79 Å². The van der Waals surface area contributed by atoms with Crippen molar-refractivity contribution >= 4 is 17.7 Å². The van der Waals surface area contributed by atoms with E-state index in [9.17, 15) is 9.59 Å². The molecule has 1 atom stereocenters. The molecule has 0 spiro atoms. The van der Waals surface area contributed by atoms with Crippen molar-refractivity contribution in [3.8, 4) is 18.1 Å². The van der Waals surface area contributed by atoms with E-state index in [4.69, 9.17) is 16.3 Å². The van der Waals surface area contributed by atoms with Gasteiger partial charge in [-0.25, -0.2) is 9.59 Å². The first-order valence-corrected chi connectivity index (χ1v) is 6.51. The van der Waals surface area contributed by atoms with Crippen LogP contribution < -0.4 is 15.4 Å². The van der Waals surface area contributed by atoms with Crippen LogP contribution in [0.3, 0.4) is 0 Å². The molecule has 0 aliphatic carbocycles. The second-order valence-corrected chi connectivity index (χ2v) is 4.29. The normalized spacial score (nSPS) is 11.0. The number of para-hydroxylation sites is 2. The standard InChI is InChI=1S/C15H18N2O4/c1-3-7-11(4-2)16-15(20)17-12-8-5-6-9-13(12)21-10-14(18)19/h1,5-6,8-9,11H,4,7,10H2,2H3,(H,18,19)(H2,16,17,20). The summed E-state index contributed by atoms with van der Waals surface area (Å²) in [7, 11) is 0. The Morgan fingerprint density at radius 2 is 2.14 bits per heavy atom. The average Bonchev–Trinajstić information content (AvgIpc) is 2.45. The summed E-state index contributed by atoms with van der Waals surface area (Å²) in [5, 5.41) is 14.0. The fraction of sp³-hybridized carbons (Fsp3) is 0.333. The third-order valence-corrected chi connectivity index (χ3v) is 2.68. The third-order valence-electron chi connectivity index (χ3n) is 2.68. The molecule has 112 valence electrons. The molecule has 0 bridgehead atoms. The Balaban J connectivity index is 2.67. The van der Waals surface area contributed by atoms with Crippen LogP contribution in [-0.4, -0.2) is 29.8 Å². The van der Waals surface area contributed by atoms with Crippen LogP contribution in [0.1, 0.15) is 19.8 Å². The third kappa shape index (κ3) is 5.87. The van der Waals surface area contributed by atoms with Crippen LogP contribution in [0, 0.1) is 12.3 Å². The van der Waals surface area contributed by atoms with Gasteiger partial charge in [0.2, 0.25) is 0 Å². The van der Waals surface area contributed by atoms with Gasteiger partial charge in [-0.05, 0) is 18.6 Å². The lowest BCUT2D eigenvalue weighted by molar-refractivity contribution is -0.139. The lowest BCUT2D eigenvalue weighted by Crippen LogP contribution is -2.37. The van der Waals surface area contributed by atoms with Crippen molar-refractivity contribution in [1.29, 1.82) is 0 Å². The zero-order chi connectivity index (χ0) is 15.7. The Bertz CT molecular complexity index is 537. The number of carboxylic acid groups (broad SMARTS) is 1. The number of hydrogen-bond acceptors (Lipinski definition) is 3. The Labute approximate surface area is 123 Å². The fourth-order valence-corrected chi connectivity index (χ4v) is 1.62. The quantitative estimate of drug-likeness (QED) is 0.671. The summed E-state index contributed by atoms with van der Waals surface area (Å²) in [6.45, 7) is 1.45. The van der Waals surface area contributed by atoms with Crippen molar-refractivity contribution in [2.45, 2.75) is 25.8 Å². The Hall–Kier alpha value is -2.68. The highest BCUT2D eigenvalue weighted by Gasteiger charge is 2.12. The predicted octanol–water partition coefficient (Wildman–Crippen LogP) is 2.07. The number of terminal acetylenes is 1. The van der Waals surface area contributed by atoms with Crippen molar-refractivity contribution in [2.75, 3.05) is 11.9 Å². The number of ether oxygens (including phenoxy) is 1. The summed E-state index contributed by atoms with van der Waals surface area (Å²) in [6, 6.07) is 6.08. The Morgan fingerprint density at radius 1 is 1.43 bits per heavy atom. The Morgan fingerprint density at radius 3 is 2.76 bits per heavy atom. The molecular formula is C15H18N2O4. The van der Waals surface area contributed by atoms with Gasteiger partial charge in [0.05, 0.1) is 5.69 Å². The molecule has 1 unspecified atom stereocenters. The fourth-order valence-electron chi connectivity index (χ4n) is 1.62. The first-order valence-electron chi connectivity index (χ1n) is 6.51. The van der Waals surface area contributed by atoms with E-state index in [2.05, 4.69) is 16.6 Å². The average molecular weight is 290 g/mol. The van der Waals surface area contributed by atoms with Gasteiger partial charge in [-0.2, -0.15) is 0 Å². The number of carboxylic acids is 1. The molecule has 0 heterocycles. The maximum absolute atomic E-state index is 11.9. The number of carbonyl (C=O) groups is 2. The summed E-state index contributed by atoms with van der Waals surface area (Å²) in [5.41, 5.74) is 0.395. The number of benzene rings is 1. The van der Waals surface area contributed by atoms with Crippen molar-refractivity contribution in [2.24, 2.45) is 0 Å². The number of carbonyl (C=O) groups excluding carboxylic acids is 1. The lowest BCUT2D eigenvalue weighted by Gasteiger charge is -2.16. The van der Waals surface area contributed by atoms with Gasteiger partial charge in [0.15, 0.2) is 6.61 Å². The zero-order valence-electron chi connectivity index (χ0n) is 11.8. The molecular weight excluding hydrogens is 272 g/mol. The number of anilines is 1. The minimum absolute atomic E-state index is 0.109. The predicted molar refractivity (Wildman–Crippen MR) is 79.3 cm³/mol. The molecule has 6 nitrogen and oxygen atoms in total. The minimum atomic E-state index is -1.09. The molecule has 0 fully saturated rings. The number of urea groups is 1. The highest BCUT2D eigenvalue weighted by Crippen LogP contribution is 2.23. The maximum Gasteiger partial charge on any atom is 0.341 e. The van der Waals surface area contributed by atoms with Crippen molar-refractivity contribution in [3.05, 3.63) is 24.3 Å². The van der Waals surface area contributed by atoms with E-state index in [1.807, 2.05) is 6.92 Å². The van der Waals surface area contributed by atoms with Crippen LogP contribution >= 0.6 is 0 Å². The molecule has 2 amide bonds. The number of rotatable bonds is 7. The van der Waals surface area contributed by atoms with Gasteiger partial charge in [0.25, 0.3) is 0 Å². The van der Waals surface area contributed by atoms with E-state index in [-0.39, 0.29) is 6.04 Å². The number of amides is 2. The summed E-state index contributed by atoms with van der Waals surface area (Å²) in [5.74, 6) is 1.70. The van der Waals surface area contributed by atoms with E-state index in [1.54, 1.807) is 24.3 Å². The van der Waals surface area contributed by atoms with Crippen molar-refractivity contribution < 1.29 is 19.4 Å². The molecule has 6 heteroatoms. The first kappa shape index (κ1) is 16.4. The molecule has 0 saturated carbocycles. The molecule has 1 rings (SSSR count). The van der Waals surface area contributed by atoms with Crippen LogP contribution in [0.2, 0.25) is 0 Å². The molecule has 1 aromatic rings. The van der Waals surface area contributed by atoms with Gasteiger partial charge in [-0.1, -0.05) is 19.1 Å². The minimum Gasteiger partial charge on any atom is -0.480 e. The highest BCUT2D eigenvalue weighted by molar-refractivity contribution is 5.91. The molecule has 0 saturated heterocycles. The van der Waals surface area contributed by atoms with Crippen LogP contribution in [0.5, 0.6) is 5.75 Å². The topological polar surface area (TPSA) is 87.7 Å². The van der Waals surface area contributed by atoms with Gasteiger partial charge >= 0.3 is 12.0 Å². The van der Waals surface area contributed by atoms with Crippen LogP contribution in [0.25, 0.3) is 0 Å². The van der Waals surface area contributed by atoms with Gasteiger partial charge in [-0.15, -0.1) is 12.3 Å². The molecule has 0 radical (unpaired) electrons. The SMILES string of the molecule is C#CCC(CC)NC(=O)Nc1ccccc1OCC(=O)O. The van der Waals surface area contributed by atoms with Gasteiger partial charge < -0.3 is 20.5 Å². The summed E-state index contributed by atoms with van der Waals surface area (Å²) in [4.78, 5) is 22.4. The molecule has 0 aliphatic heterocycles.